The normalized spacial score (nSPS) is 13.2. The van der Waals surface area contributed by atoms with Crippen LogP contribution in [0.5, 0.6) is 0 Å². The fraction of sp³-hybridized carbons (Fsp3) is 0.364. The van der Waals surface area contributed by atoms with Crippen molar-refractivity contribution in [2.45, 2.75) is 26.3 Å². The van der Waals surface area contributed by atoms with E-state index < -0.39 is 22.8 Å². The number of anilines is 1. The van der Waals surface area contributed by atoms with Crippen LogP contribution in [-0.4, -0.2) is 25.4 Å². The number of aromatic carboxylic acids is 1. The Kier molecular flexibility index (Phi) is 3.90. The van der Waals surface area contributed by atoms with Crippen LogP contribution < -0.4 is 4.31 Å². The summed E-state index contributed by atoms with van der Waals surface area (Å²) in [7, 11) is 0. The molecule has 1 atom stereocenters. The van der Waals surface area contributed by atoms with Crippen molar-refractivity contribution < 1.29 is 18.7 Å². The van der Waals surface area contributed by atoms with Crippen LogP contribution in [0.1, 0.15) is 31.1 Å². The Balaban J connectivity index is 3.39. The van der Waals surface area contributed by atoms with E-state index in [4.69, 9.17) is 5.11 Å². The number of rotatable bonds is 3. The van der Waals surface area contributed by atoms with Crippen LogP contribution in [0.25, 0.3) is 0 Å². The van der Waals surface area contributed by atoms with Gasteiger partial charge in [-0.05, 0) is 32.9 Å². The van der Waals surface area contributed by atoms with Gasteiger partial charge in [-0.3, -0.25) is 8.86 Å². The Hall–Kier alpha value is -1.40. The van der Waals surface area contributed by atoms with E-state index in [2.05, 4.69) is 0 Å². The summed E-state index contributed by atoms with van der Waals surface area (Å²) in [5.74, 6) is -1.12. The lowest BCUT2D eigenvalue weighted by Crippen LogP contribution is -2.43. The van der Waals surface area contributed by atoms with Crippen LogP contribution in [0.3, 0.4) is 0 Å². The van der Waals surface area contributed by atoms with E-state index in [1.54, 1.807) is 32.9 Å². The van der Waals surface area contributed by atoms with Gasteiger partial charge in [0.05, 0.1) is 11.3 Å². The van der Waals surface area contributed by atoms with E-state index in [1.807, 2.05) is 0 Å². The smallest absolute Gasteiger partial charge is 0.337 e. The van der Waals surface area contributed by atoms with Crippen molar-refractivity contribution in [2.75, 3.05) is 4.31 Å². The average Bonchev–Trinajstić information content (AvgIpc) is 2.15. The fourth-order valence-electron chi connectivity index (χ4n) is 1.51. The van der Waals surface area contributed by atoms with E-state index in [0.717, 1.165) is 4.31 Å². The van der Waals surface area contributed by atoms with E-state index in [9.17, 15) is 13.6 Å². The lowest BCUT2D eigenvalue weighted by Gasteiger charge is -2.34. The number of carbonyl (C=O) groups is 1. The molecule has 0 heterocycles. The molecular formula is C11H15NO4S. The van der Waals surface area contributed by atoms with Crippen LogP contribution in [0, 0.1) is 0 Å². The van der Waals surface area contributed by atoms with Crippen LogP contribution in [0.15, 0.2) is 24.3 Å². The third-order valence-corrected chi connectivity index (χ3v) is 3.18. The van der Waals surface area contributed by atoms with Crippen molar-refractivity contribution >= 4 is 22.9 Å². The zero-order valence-corrected chi connectivity index (χ0v) is 10.7. The van der Waals surface area contributed by atoms with Crippen molar-refractivity contribution in [1.29, 1.82) is 0 Å². The third-order valence-electron chi connectivity index (χ3n) is 2.12. The Morgan fingerprint density at radius 2 is 1.82 bits per heavy atom. The second-order valence-corrected chi connectivity index (χ2v) is 5.34. The molecule has 2 N–H and O–H groups in total. The van der Waals surface area contributed by atoms with Gasteiger partial charge in [0.25, 0.3) is 11.3 Å². The Morgan fingerprint density at radius 3 is 2.24 bits per heavy atom. The minimum absolute atomic E-state index is 0.00447. The monoisotopic (exact) mass is 257 g/mol. The van der Waals surface area contributed by atoms with E-state index in [1.165, 1.54) is 12.1 Å². The zero-order valence-electron chi connectivity index (χ0n) is 9.88. The van der Waals surface area contributed by atoms with Crippen molar-refractivity contribution in [3.05, 3.63) is 29.8 Å². The molecule has 0 saturated heterocycles. The summed E-state index contributed by atoms with van der Waals surface area (Å²) in [6.07, 6.45) is 0. The lowest BCUT2D eigenvalue weighted by molar-refractivity contribution is 0.0697. The number of carboxylic acid groups (broad SMARTS) is 1. The molecule has 0 aliphatic rings. The molecule has 1 unspecified atom stereocenters. The Labute approximate surface area is 102 Å². The molecule has 0 fully saturated rings. The van der Waals surface area contributed by atoms with E-state index >= 15 is 0 Å². The van der Waals surface area contributed by atoms with Crippen LogP contribution in [-0.2, 0) is 11.3 Å². The number of carboxylic acids is 1. The quantitative estimate of drug-likeness (QED) is 0.813. The van der Waals surface area contributed by atoms with Crippen molar-refractivity contribution in [1.82, 2.24) is 0 Å². The maximum Gasteiger partial charge on any atom is 0.337 e. The van der Waals surface area contributed by atoms with Crippen molar-refractivity contribution in [3.8, 4) is 0 Å². The van der Waals surface area contributed by atoms with E-state index in [-0.39, 0.29) is 11.3 Å². The maximum atomic E-state index is 11.4. The molecule has 1 rings (SSSR count). The predicted octanol–water partition coefficient (Wildman–Crippen LogP) is 2.13. The molecule has 94 valence electrons. The molecule has 0 saturated carbocycles. The average molecular weight is 257 g/mol. The van der Waals surface area contributed by atoms with Crippen LogP contribution in [0.2, 0.25) is 0 Å². The summed E-state index contributed by atoms with van der Waals surface area (Å²) in [5, 5.41) is 9.05. The van der Waals surface area contributed by atoms with Crippen molar-refractivity contribution in [3.63, 3.8) is 0 Å². The minimum atomic E-state index is -2.28. The van der Waals surface area contributed by atoms with Crippen molar-refractivity contribution in [2.24, 2.45) is 0 Å². The highest BCUT2D eigenvalue weighted by Crippen LogP contribution is 2.28. The highest BCUT2D eigenvalue weighted by Gasteiger charge is 2.29. The summed E-state index contributed by atoms with van der Waals surface area (Å²) in [6, 6.07) is 6.13. The number of benzene rings is 1. The molecule has 5 nitrogen and oxygen atoms in total. The largest absolute Gasteiger partial charge is 0.478 e. The highest BCUT2D eigenvalue weighted by molar-refractivity contribution is 7.80. The summed E-state index contributed by atoms with van der Waals surface area (Å²) < 4.78 is 21.8. The fourth-order valence-corrected chi connectivity index (χ4v) is 2.31. The first-order chi connectivity index (χ1) is 7.75. The highest BCUT2D eigenvalue weighted by atomic mass is 32.2. The Morgan fingerprint density at radius 1 is 1.29 bits per heavy atom. The molecule has 0 aliphatic heterocycles. The van der Waals surface area contributed by atoms with Gasteiger partial charge in [-0.2, -0.15) is 0 Å². The van der Waals surface area contributed by atoms with Gasteiger partial charge in [0, 0.05) is 5.54 Å². The first-order valence-corrected chi connectivity index (χ1v) is 6.05. The first-order valence-electron chi connectivity index (χ1n) is 4.98. The van der Waals surface area contributed by atoms with Gasteiger partial charge in [-0.1, -0.05) is 12.1 Å². The standard InChI is InChI=1S/C11H15NO4S/c1-11(2,3)12(17(15)16)9-7-5-4-6-8(9)10(13)14/h4-7H,1-3H3,(H,13,14)(H,15,16). The number of para-hydroxylation sites is 1. The molecule has 6 heteroatoms. The van der Waals surface area contributed by atoms with Crippen LogP contribution >= 0.6 is 0 Å². The van der Waals surface area contributed by atoms with Gasteiger partial charge in [-0.15, -0.1) is 0 Å². The number of nitrogens with zero attached hydrogens (tertiary/aromatic N) is 1. The SMILES string of the molecule is CC(C)(C)N(c1ccccc1C(=O)O)S(=O)O. The topological polar surface area (TPSA) is 77.8 Å². The first kappa shape index (κ1) is 13.7. The summed E-state index contributed by atoms with van der Waals surface area (Å²) >= 11 is -2.28. The summed E-state index contributed by atoms with van der Waals surface area (Å²) in [5.41, 5.74) is -0.427. The number of hydrogen-bond acceptors (Lipinski definition) is 2. The molecule has 0 aromatic heterocycles. The van der Waals surface area contributed by atoms with E-state index in [0.29, 0.717) is 0 Å². The summed E-state index contributed by atoms with van der Waals surface area (Å²) in [6.45, 7) is 5.21. The second-order valence-electron chi connectivity index (χ2n) is 4.52. The molecule has 0 bridgehead atoms. The second kappa shape index (κ2) is 4.85. The van der Waals surface area contributed by atoms with Gasteiger partial charge in [0.2, 0.25) is 0 Å². The van der Waals surface area contributed by atoms with Gasteiger partial charge in [0.15, 0.2) is 0 Å². The number of hydrogen-bond donors (Lipinski definition) is 2. The zero-order chi connectivity index (χ0) is 13.2. The molecule has 17 heavy (non-hydrogen) atoms. The molecule has 0 aliphatic carbocycles. The van der Waals surface area contributed by atoms with Gasteiger partial charge < -0.3 is 5.11 Å². The summed E-state index contributed by atoms with van der Waals surface area (Å²) in [4.78, 5) is 11.1. The molecule has 1 aromatic carbocycles. The lowest BCUT2D eigenvalue weighted by atomic mass is 10.1. The van der Waals surface area contributed by atoms with Gasteiger partial charge >= 0.3 is 5.97 Å². The van der Waals surface area contributed by atoms with Gasteiger partial charge in [-0.25, -0.2) is 9.00 Å². The maximum absolute atomic E-state index is 11.4. The predicted molar refractivity (Wildman–Crippen MR) is 66.4 cm³/mol. The molecule has 0 spiro atoms. The Bertz CT molecular complexity index is 453. The molecular weight excluding hydrogens is 242 g/mol. The minimum Gasteiger partial charge on any atom is -0.478 e. The molecule has 1 aromatic rings. The van der Waals surface area contributed by atoms with Crippen LogP contribution in [0.4, 0.5) is 5.69 Å². The molecule has 0 radical (unpaired) electrons. The molecule has 0 amide bonds. The third kappa shape index (κ3) is 3.04. The van der Waals surface area contributed by atoms with Gasteiger partial charge in [0.1, 0.15) is 0 Å².